The Morgan fingerprint density at radius 2 is 1.78 bits per heavy atom. The zero-order valence-electron chi connectivity index (χ0n) is 12.0. The van der Waals surface area contributed by atoms with Crippen LogP contribution in [0, 0.1) is 0 Å². The summed E-state index contributed by atoms with van der Waals surface area (Å²) in [6, 6.07) is 8.80. The Bertz CT molecular complexity index is 337. The molecular weight excluding hydrogens is 244 g/mol. The van der Waals surface area contributed by atoms with Crippen LogP contribution in [0.2, 0.25) is 0 Å². The van der Waals surface area contributed by atoms with Crippen molar-refractivity contribution in [2.24, 2.45) is 0 Å². The van der Waals surface area contributed by atoms with Gasteiger partial charge in [-0.3, -0.25) is 0 Å². The van der Waals surface area contributed by atoms with Gasteiger partial charge in [-0.25, -0.2) is 0 Å². The standard InChI is InChI=1S/C16H25ClO/c1-5-18-11-10-15(17)12-13-6-8-14(9-7-13)16(2,3)4/h6-9,15H,5,10-12H2,1-4H3. The third kappa shape index (κ3) is 5.41. The highest BCUT2D eigenvalue weighted by atomic mass is 35.5. The van der Waals surface area contributed by atoms with Crippen molar-refractivity contribution < 1.29 is 4.74 Å². The molecule has 0 fully saturated rings. The second-order valence-corrected chi connectivity index (χ2v) is 6.35. The maximum absolute atomic E-state index is 6.30. The highest BCUT2D eigenvalue weighted by Crippen LogP contribution is 2.23. The highest BCUT2D eigenvalue weighted by molar-refractivity contribution is 6.20. The van der Waals surface area contributed by atoms with Crippen molar-refractivity contribution in [3.8, 4) is 0 Å². The zero-order chi connectivity index (χ0) is 13.6. The van der Waals surface area contributed by atoms with Crippen molar-refractivity contribution in [2.45, 2.75) is 51.3 Å². The van der Waals surface area contributed by atoms with Gasteiger partial charge in [-0.1, -0.05) is 45.0 Å². The van der Waals surface area contributed by atoms with Crippen molar-refractivity contribution in [1.29, 1.82) is 0 Å². The van der Waals surface area contributed by atoms with Crippen LogP contribution in [0.15, 0.2) is 24.3 Å². The van der Waals surface area contributed by atoms with E-state index in [9.17, 15) is 0 Å². The van der Waals surface area contributed by atoms with Gasteiger partial charge in [0.15, 0.2) is 0 Å². The van der Waals surface area contributed by atoms with Crippen molar-refractivity contribution in [2.75, 3.05) is 13.2 Å². The van der Waals surface area contributed by atoms with E-state index in [2.05, 4.69) is 45.0 Å². The topological polar surface area (TPSA) is 9.23 Å². The van der Waals surface area contributed by atoms with Crippen molar-refractivity contribution >= 4 is 11.6 Å². The Hall–Kier alpha value is -0.530. The summed E-state index contributed by atoms with van der Waals surface area (Å²) < 4.78 is 5.32. The Kier molecular flexibility index (Phi) is 6.17. The lowest BCUT2D eigenvalue weighted by atomic mass is 9.86. The second-order valence-electron chi connectivity index (χ2n) is 5.73. The molecule has 0 bridgehead atoms. The van der Waals surface area contributed by atoms with Crippen LogP contribution in [0.3, 0.4) is 0 Å². The first-order valence-electron chi connectivity index (χ1n) is 6.74. The molecule has 1 unspecified atom stereocenters. The Labute approximate surface area is 116 Å². The molecule has 1 aromatic carbocycles. The van der Waals surface area contributed by atoms with E-state index in [0.29, 0.717) is 0 Å². The molecule has 2 heteroatoms. The van der Waals surface area contributed by atoms with Gasteiger partial charge in [-0.15, -0.1) is 11.6 Å². The number of halogens is 1. The summed E-state index contributed by atoms with van der Waals surface area (Å²) in [5.41, 5.74) is 2.89. The number of hydrogen-bond acceptors (Lipinski definition) is 1. The fraction of sp³-hybridized carbons (Fsp3) is 0.625. The fourth-order valence-electron chi connectivity index (χ4n) is 1.85. The molecule has 0 N–H and O–H groups in total. The van der Waals surface area contributed by atoms with Gasteiger partial charge in [0.1, 0.15) is 0 Å². The molecule has 0 saturated heterocycles. The summed E-state index contributed by atoms with van der Waals surface area (Å²) in [6.07, 6.45) is 1.83. The van der Waals surface area contributed by atoms with E-state index in [0.717, 1.165) is 26.1 Å². The molecule has 102 valence electrons. The lowest BCUT2D eigenvalue weighted by molar-refractivity contribution is 0.144. The molecule has 0 aromatic heterocycles. The van der Waals surface area contributed by atoms with Gasteiger partial charge in [0, 0.05) is 18.6 Å². The average molecular weight is 269 g/mol. The second kappa shape index (κ2) is 7.16. The van der Waals surface area contributed by atoms with E-state index in [1.165, 1.54) is 11.1 Å². The maximum Gasteiger partial charge on any atom is 0.0480 e. The summed E-state index contributed by atoms with van der Waals surface area (Å²) >= 11 is 6.30. The number of benzene rings is 1. The normalized spacial score (nSPS) is 13.6. The third-order valence-electron chi connectivity index (χ3n) is 3.06. The van der Waals surface area contributed by atoms with Crippen molar-refractivity contribution in [1.82, 2.24) is 0 Å². The summed E-state index contributed by atoms with van der Waals surface area (Å²) in [4.78, 5) is 0. The van der Waals surface area contributed by atoms with Crippen LogP contribution in [-0.4, -0.2) is 18.6 Å². The van der Waals surface area contributed by atoms with Gasteiger partial charge in [-0.05, 0) is 36.3 Å². The molecule has 1 aromatic rings. The minimum Gasteiger partial charge on any atom is -0.382 e. The third-order valence-corrected chi connectivity index (χ3v) is 3.43. The van der Waals surface area contributed by atoms with Gasteiger partial charge >= 0.3 is 0 Å². The number of ether oxygens (including phenoxy) is 1. The highest BCUT2D eigenvalue weighted by Gasteiger charge is 2.13. The quantitative estimate of drug-likeness (QED) is 0.543. The Morgan fingerprint density at radius 1 is 1.17 bits per heavy atom. The molecule has 0 radical (unpaired) electrons. The molecule has 0 heterocycles. The van der Waals surface area contributed by atoms with Crippen LogP contribution >= 0.6 is 11.6 Å². The summed E-state index contributed by atoms with van der Waals surface area (Å²) in [6.45, 7) is 10.2. The van der Waals surface area contributed by atoms with Crippen LogP contribution in [0.1, 0.15) is 45.2 Å². The number of hydrogen-bond donors (Lipinski definition) is 0. The SMILES string of the molecule is CCOCCC(Cl)Cc1ccc(C(C)(C)C)cc1. The van der Waals surface area contributed by atoms with Crippen LogP contribution in [0.25, 0.3) is 0 Å². The summed E-state index contributed by atoms with van der Waals surface area (Å²) in [5.74, 6) is 0. The first kappa shape index (κ1) is 15.5. The molecule has 1 nitrogen and oxygen atoms in total. The fourth-order valence-corrected chi connectivity index (χ4v) is 2.12. The molecule has 18 heavy (non-hydrogen) atoms. The van der Waals surface area contributed by atoms with Gasteiger partial charge in [0.2, 0.25) is 0 Å². The first-order valence-corrected chi connectivity index (χ1v) is 7.18. The van der Waals surface area contributed by atoms with E-state index in [4.69, 9.17) is 16.3 Å². The molecule has 0 aliphatic carbocycles. The van der Waals surface area contributed by atoms with Crippen molar-refractivity contribution in [3.05, 3.63) is 35.4 Å². The van der Waals surface area contributed by atoms with Crippen LogP contribution in [0.4, 0.5) is 0 Å². The average Bonchev–Trinajstić information content (AvgIpc) is 2.29. The number of alkyl halides is 1. The van der Waals surface area contributed by atoms with Crippen LogP contribution < -0.4 is 0 Å². The molecule has 1 atom stereocenters. The Balaban J connectivity index is 2.48. The van der Waals surface area contributed by atoms with E-state index < -0.39 is 0 Å². The van der Waals surface area contributed by atoms with Crippen LogP contribution in [0.5, 0.6) is 0 Å². The summed E-state index contributed by atoms with van der Waals surface area (Å²) in [7, 11) is 0. The minimum atomic E-state index is 0.164. The molecule has 0 spiro atoms. The molecule has 0 amide bonds. The molecular formula is C16H25ClO. The minimum absolute atomic E-state index is 0.164. The van der Waals surface area contributed by atoms with E-state index in [1.807, 2.05) is 6.92 Å². The predicted molar refractivity (Wildman–Crippen MR) is 79.6 cm³/mol. The van der Waals surface area contributed by atoms with Crippen LogP contribution in [-0.2, 0) is 16.6 Å². The lowest BCUT2D eigenvalue weighted by Gasteiger charge is -2.19. The predicted octanol–water partition coefficient (Wildman–Crippen LogP) is 4.56. The van der Waals surface area contributed by atoms with E-state index >= 15 is 0 Å². The molecule has 1 rings (SSSR count). The number of rotatable bonds is 6. The van der Waals surface area contributed by atoms with Gasteiger partial charge in [0.25, 0.3) is 0 Å². The van der Waals surface area contributed by atoms with Gasteiger partial charge in [-0.2, -0.15) is 0 Å². The molecule has 0 aliphatic heterocycles. The van der Waals surface area contributed by atoms with Gasteiger partial charge in [0.05, 0.1) is 0 Å². The smallest absolute Gasteiger partial charge is 0.0480 e. The Morgan fingerprint density at radius 3 is 2.28 bits per heavy atom. The molecule has 0 saturated carbocycles. The maximum atomic E-state index is 6.30. The largest absolute Gasteiger partial charge is 0.382 e. The lowest BCUT2D eigenvalue weighted by Crippen LogP contribution is -2.11. The van der Waals surface area contributed by atoms with Crippen molar-refractivity contribution in [3.63, 3.8) is 0 Å². The zero-order valence-corrected chi connectivity index (χ0v) is 12.8. The monoisotopic (exact) mass is 268 g/mol. The molecule has 0 aliphatic rings. The van der Waals surface area contributed by atoms with E-state index in [-0.39, 0.29) is 10.8 Å². The summed E-state index contributed by atoms with van der Waals surface area (Å²) in [5, 5.41) is 0.164. The van der Waals surface area contributed by atoms with Gasteiger partial charge < -0.3 is 4.74 Å². The van der Waals surface area contributed by atoms with E-state index in [1.54, 1.807) is 0 Å². The first-order chi connectivity index (χ1) is 8.43.